The van der Waals surface area contributed by atoms with Crippen molar-refractivity contribution < 1.29 is 56.3 Å². The Bertz CT molecular complexity index is 624. The fourth-order valence-corrected chi connectivity index (χ4v) is 3.79. The van der Waals surface area contributed by atoms with Crippen LogP contribution in [0.3, 0.4) is 0 Å². The first-order valence-corrected chi connectivity index (χ1v) is 9.31. The molecule has 10 nitrogen and oxygen atoms in total. The number of hydrogen-bond acceptors (Lipinski definition) is 7. The second-order valence-corrected chi connectivity index (χ2v) is 7.28. The quantitative estimate of drug-likeness (QED) is 0.170. The van der Waals surface area contributed by atoms with Crippen molar-refractivity contribution in [3.63, 3.8) is 0 Å². The average Bonchev–Trinajstić information content (AvgIpc) is 2.77. The minimum atomic E-state index is -4.99. The summed E-state index contributed by atoms with van der Waals surface area (Å²) in [5.74, 6) is 0.786. The molecule has 0 aromatic rings. The van der Waals surface area contributed by atoms with Crippen molar-refractivity contribution in [2.24, 2.45) is 16.6 Å². The SMILES string of the molecule is NC(=NCC1CCOCC1)[C@@H]1CC[C@@H]2CN1C(=O)N2OS(=O)(=O)[O-].[Na+]. The van der Waals surface area contributed by atoms with Crippen molar-refractivity contribution in [3.05, 3.63) is 0 Å². The van der Waals surface area contributed by atoms with Gasteiger partial charge in [-0.1, -0.05) is 0 Å². The molecule has 2 amide bonds. The molecule has 0 radical (unpaired) electrons. The van der Waals surface area contributed by atoms with Gasteiger partial charge in [-0.05, 0) is 31.6 Å². The molecule has 0 saturated carbocycles. The van der Waals surface area contributed by atoms with Crippen molar-refractivity contribution in [2.45, 2.75) is 37.8 Å². The van der Waals surface area contributed by atoms with Crippen LogP contribution < -0.4 is 35.3 Å². The number of urea groups is 1. The topological polar surface area (TPSA) is 138 Å². The van der Waals surface area contributed by atoms with Gasteiger partial charge in [0.2, 0.25) is 10.4 Å². The Balaban J connectivity index is 0.00000225. The normalized spacial score (nSPS) is 28.2. The molecular formula is C13H21N4NaO6S. The van der Waals surface area contributed by atoms with E-state index in [1.54, 1.807) is 0 Å². The van der Waals surface area contributed by atoms with Gasteiger partial charge in [0.25, 0.3) is 0 Å². The maximum atomic E-state index is 12.3. The van der Waals surface area contributed by atoms with Crippen molar-refractivity contribution in [2.75, 3.05) is 26.3 Å². The Morgan fingerprint density at radius 3 is 2.64 bits per heavy atom. The molecule has 3 heterocycles. The minimum Gasteiger partial charge on any atom is -0.724 e. The van der Waals surface area contributed by atoms with E-state index in [1.807, 2.05) is 0 Å². The maximum Gasteiger partial charge on any atom is 1.00 e. The molecule has 0 aliphatic carbocycles. The molecule has 3 rings (SSSR count). The summed E-state index contributed by atoms with van der Waals surface area (Å²) in [7, 11) is -4.99. The number of amides is 2. The van der Waals surface area contributed by atoms with E-state index in [-0.39, 0.29) is 36.1 Å². The zero-order valence-electron chi connectivity index (χ0n) is 14.2. The van der Waals surface area contributed by atoms with E-state index in [2.05, 4.69) is 9.28 Å². The number of carbonyl (C=O) groups excluding carboxylic acids is 1. The fourth-order valence-electron chi connectivity index (χ4n) is 3.40. The van der Waals surface area contributed by atoms with E-state index in [0.29, 0.717) is 36.2 Å². The van der Waals surface area contributed by atoms with Crippen molar-refractivity contribution in [1.82, 2.24) is 9.96 Å². The molecule has 0 aromatic carbocycles. The first kappa shape index (κ1) is 20.9. The molecule has 136 valence electrons. The van der Waals surface area contributed by atoms with E-state index in [1.165, 1.54) is 4.90 Å². The monoisotopic (exact) mass is 384 g/mol. The van der Waals surface area contributed by atoms with E-state index < -0.39 is 28.5 Å². The molecule has 3 saturated heterocycles. The smallest absolute Gasteiger partial charge is 0.724 e. The molecule has 3 aliphatic rings. The van der Waals surface area contributed by atoms with Gasteiger partial charge in [0, 0.05) is 26.3 Å². The molecule has 25 heavy (non-hydrogen) atoms. The zero-order chi connectivity index (χ0) is 17.3. The van der Waals surface area contributed by atoms with Crippen LogP contribution in [-0.4, -0.2) is 73.2 Å². The summed E-state index contributed by atoms with van der Waals surface area (Å²) in [6.45, 7) is 2.32. The molecule has 3 aliphatic heterocycles. The van der Waals surface area contributed by atoms with Gasteiger partial charge in [-0.3, -0.25) is 4.99 Å². The number of aliphatic imine (C=N–C) groups is 1. The van der Waals surface area contributed by atoms with E-state index in [0.717, 1.165) is 26.1 Å². The number of nitrogens with zero attached hydrogens (tertiary/aromatic N) is 3. The van der Waals surface area contributed by atoms with Crippen LogP contribution in [0.15, 0.2) is 4.99 Å². The third-order valence-electron chi connectivity index (χ3n) is 4.71. The Morgan fingerprint density at radius 1 is 1.32 bits per heavy atom. The number of rotatable bonds is 5. The summed E-state index contributed by atoms with van der Waals surface area (Å²) >= 11 is 0. The van der Waals surface area contributed by atoms with Gasteiger partial charge in [-0.25, -0.2) is 13.2 Å². The van der Waals surface area contributed by atoms with Gasteiger partial charge in [0.1, 0.15) is 5.84 Å². The number of hydrogen-bond donors (Lipinski definition) is 1. The number of amidine groups is 1. The molecular weight excluding hydrogens is 363 g/mol. The van der Waals surface area contributed by atoms with Gasteiger partial charge < -0.3 is 19.9 Å². The van der Waals surface area contributed by atoms with Gasteiger partial charge >= 0.3 is 35.6 Å². The van der Waals surface area contributed by atoms with Gasteiger partial charge in [-0.2, -0.15) is 9.35 Å². The fraction of sp³-hybridized carbons (Fsp3) is 0.846. The molecule has 0 unspecified atom stereocenters. The van der Waals surface area contributed by atoms with Gasteiger partial charge in [0.15, 0.2) is 0 Å². The third kappa shape index (κ3) is 5.06. The molecule has 2 atom stereocenters. The first-order chi connectivity index (χ1) is 11.3. The Morgan fingerprint density at radius 2 is 2.00 bits per heavy atom. The molecule has 2 N–H and O–H groups in total. The van der Waals surface area contributed by atoms with Crippen LogP contribution in [0.4, 0.5) is 4.79 Å². The van der Waals surface area contributed by atoms with Gasteiger partial charge in [-0.15, -0.1) is 0 Å². The summed E-state index contributed by atoms with van der Waals surface area (Å²) in [6, 6.07) is -1.51. The van der Waals surface area contributed by atoms with Crippen LogP contribution in [0.1, 0.15) is 25.7 Å². The van der Waals surface area contributed by atoms with Gasteiger partial charge in [0.05, 0.1) is 12.1 Å². The average molecular weight is 384 g/mol. The van der Waals surface area contributed by atoms with Crippen molar-refractivity contribution >= 4 is 22.3 Å². The van der Waals surface area contributed by atoms with Crippen LogP contribution in [0, 0.1) is 5.92 Å². The largest absolute Gasteiger partial charge is 1.00 e. The minimum absolute atomic E-state index is 0. The van der Waals surface area contributed by atoms with Crippen molar-refractivity contribution in [3.8, 4) is 0 Å². The Kier molecular flexibility index (Phi) is 7.10. The summed E-state index contributed by atoms with van der Waals surface area (Å²) in [5, 5.41) is 0.647. The van der Waals surface area contributed by atoms with Crippen LogP contribution >= 0.6 is 0 Å². The zero-order valence-corrected chi connectivity index (χ0v) is 17.0. The predicted molar refractivity (Wildman–Crippen MR) is 81.6 cm³/mol. The second-order valence-electron chi connectivity index (χ2n) is 6.31. The number of carbonyl (C=O) groups is 1. The molecule has 12 heteroatoms. The van der Waals surface area contributed by atoms with Crippen LogP contribution in [0.5, 0.6) is 0 Å². The van der Waals surface area contributed by atoms with E-state index >= 15 is 0 Å². The second kappa shape index (κ2) is 8.51. The molecule has 0 aromatic heterocycles. The number of piperidine rings is 1. The van der Waals surface area contributed by atoms with Crippen LogP contribution in [-0.2, 0) is 19.4 Å². The Labute approximate surface area is 168 Å². The summed E-state index contributed by atoms with van der Waals surface area (Å²) in [6.07, 6.45) is 2.93. The summed E-state index contributed by atoms with van der Waals surface area (Å²) < 4.78 is 41.9. The number of hydroxylamine groups is 2. The molecule has 3 fully saturated rings. The summed E-state index contributed by atoms with van der Waals surface area (Å²) in [4.78, 5) is 18.1. The number of fused-ring (bicyclic) bond motifs is 2. The predicted octanol–water partition coefficient (Wildman–Crippen LogP) is -3.57. The molecule has 0 spiro atoms. The Hall–Kier alpha value is -0.430. The first-order valence-electron chi connectivity index (χ1n) is 7.98. The summed E-state index contributed by atoms with van der Waals surface area (Å²) in [5.41, 5.74) is 6.07. The standard InChI is InChI=1S/C13H22N4O6S.Na/c14-12(15-7-9-3-5-22-6-4-9)11-2-1-10-8-16(11)13(18)17(10)23-24(19,20)21;/h9-11H,1-8H2,(H2,14,15)(H,19,20,21);/q;+1/p-1/t10-,11+;/m1./s1. The maximum absolute atomic E-state index is 12.3. The van der Waals surface area contributed by atoms with E-state index in [4.69, 9.17) is 10.5 Å². The third-order valence-corrected chi connectivity index (χ3v) is 5.05. The van der Waals surface area contributed by atoms with Crippen molar-refractivity contribution in [1.29, 1.82) is 0 Å². The van der Waals surface area contributed by atoms with E-state index in [9.17, 15) is 17.8 Å². The molecule has 2 bridgehead atoms. The van der Waals surface area contributed by atoms with Crippen LogP contribution in [0.25, 0.3) is 0 Å². The number of nitrogens with two attached hydrogens (primary N) is 1. The number of ether oxygens (including phenoxy) is 1. The van der Waals surface area contributed by atoms with Crippen LogP contribution in [0.2, 0.25) is 0 Å².